The highest BCUT2D eigenvalue weighted by molar-refractivity contribution is 6.13. The normalized spacial score (nSPS) is 10.6. The Labute approximate surface area is 180 Å². The van der Waals surface area contributed by atoms with E-state index < -0.39 is 0 Å². The summed E-state index contributed by atoms with van der Waals surface area (Å²) in [6.07, 6.45) is 1.93. The fourth-order valence-electron chi connectivity index (χ4n) is 3.41. The van der Waals surface area contributed by atoms with E-state index in [2.05, 4.69) is 10.6 Å². The minimum Gasteiger partial charge on any atom is -0.494 e. The van der Waals surface area contributed by atoms with E-state index in [9.17, 15) is 9.59 Å². The van der Waals surface area contributed by atoms with E-state index in [4.69, 9.17) is 4.74 Å². The van der Waals surface area contributed by atoms with Gasteiger partial charge in [-0.2, -0.15) is 0 Å². The van der Waals surface area contributed by atoms with E-state index in [1.165, 1.54) is 0 Å². The summed E-state index contributed by atoms with van der Waals surface area (Å²) >= 11 is 0. The molecule has 3 aromatic carbocycles. The molecule has 156 valence electrons. The molecule has 6 nitrogen and oxygen atoms in total. The maximum Gasteiger partial charge on any atom is 0.256 e. The number of hydrogen-bond donors (Lipinski definition) is 2. The Morgan fingerprint density at radius 2 is 1.48 bits per heavy atom. The molecule has 2 N–H and O–H groups in total. The topological polar surface area (TPSA) is 72.4 Å². The molecule has 0 saturated heterocycles. The first-order valence-electron chi connectivity index (χ1n) is 10.0. The van der Waals surface area contributed by atoms with E-state index >= 15 is 0 Å². The van der Waals surface area contributed by atoms with Gasteiger partial charge in [0.1, 0.15) is 5.75 Å². The standard InChI is InChI=1S/C25H23N3O3/c1-3-31-20-13-11-19(12-14-20)26-24(29)17-7-9-18(10-8-17)27-25(30)22-5-4-6-23-21(22)15-16-28(23)2/h4-16H,3H2,1-2H3,(H,26,29)(H,27,30). The molecule has 0 aliphatic rings. The van der Waals surface area contributed by atoms with Crippen molar-refractivity contribution < 1.29 is 14.3 Å². The highest BCUT2D eigenvalue weighted by Crippen LogP contribution is 2.21. The minimum absolute atomic E-state index is 0.191. The third kappa shape index (κ3) is 4.43. The fourth-order valence-corrected chi connectivity index (χ4v) is 3.41. The zero-order valence-corrected chi connectivity index (χ0v) is 17.4. The van der Waals surface area contributed by atoms with Gasteiger partial charge in [-0.3, -0.25) is 9.59 Å². The van der Waals surface area contributed by atoms with E-state index in [0.29, 0.717) is 29.1 Å². The highest BCUT2D eigenvalue weighted by atomic mass is 16.5. The maximum atomic E-state index is 12.8. The molecule has 4 rings (SSSR count). The number of benzene rings is 3. The third-order valence-electron chi connectivity index (χ3n) is 5.00. The lowest BCUT2D eigenvalue weighted by atomic mass is 10.1. The number of amides is 2. The predicted molar refractivity (Wildman–Crippen MR) is 123 cm³/mol. The SMILES string of the molecule is CCOc1ccc(NC(=O)c2ccc(NC(=O)c3cccc4c3ccn4C)cc2)cc1. The van der Waals surface area contributed by atoms with Crippen molar-refractivity contribution in [3.05, 3.63) is 90.1 Å². The highest BCUT2D eigenvalue weighted by Gasteiger charge is 2.12. The Kier molecular flexibility index (Phi) is 5.71. The Morgan fingerprint density at radius 3 is 2.16 bits per heavy atom. The number of rotatable bonds is 6. The van der Waals surface area contributed by atoms with Gasteiger partial charge in [0.05, 0.1) is 6.61 Å². The van der Waals surface area contributed by atoms with Crippen LogP contribution in [0.15, 0.2) is 79.0 Å². The summed E-state index contributed by atoms with van der Waals surface area (Å²) in [4.78, 5) is 25.3. The van der Waals surface area contributed by atoms with E-state index in [1.54, 1.807) is 42.5 Å². The van der Waals surface area contributed by atoms with Gasteiger partial charge in [-0.15, -0.1) is 0 Å². The van der Waals surface area contributed by atoms with Gasteiger partial charge >= 0.3 is 0 Å². The first kappa shape index (κ1) is 20.2. The van der Waals surface area contributed by atoms with Crippen LogP contribution in [0.1, 0.15) is 27.6 Å². The first-order chi connectivity index (χ1) is 15.0. The van der Waals surface area contributed by atoms with Crippen LogP contribution in [0.25, 0.3) is 10.9 Å². The number of nitrogens with one attached hydrogen (secondary N) is 2. The van der Waals surface area contributed by atoms with Crippen LogP contribution in [0.2, 0.25) is 0 Å². The lowest BCUT2D eigenvalue weighted by molar-refractivity contribution is 0.102. The second-order valence-electron chi connectivity index (χ2n) is 7.11. The van der Waals surface area contributed by atoms with Crippen molar-refractivity contribution in [2.75, 3.05) is 17.2 Å². The second-order valence-corrected chi connectivity index (χ2v) is 7.11. The van der Waals surface area contributed by atoms with Crippen molar-refractivity contribution in [1.29, 1.82) is 0 Å². The summed E-state index contributed by atoms with van der Waals surface area (Å²) in [6.45, 7) is 2.51. The lowest BCUT2D eigenvalue weighted by Gasteiger charge is -2.09. The molecule has 0 bridgehead atoms. The second kappa shape index (κ2) is 8.75. The van der Waals surface area contributed by atoms with Crippen LogP contribution >= 0.6 is 0 Å². The van der Waals surface area contributed by atoms with Crippen LogP contribution in [0.5, 0.6) is 5.75 Å². The van der Waals surface area contributed by atoms with Crippen LogP contribution in [-0.2, 0) is 7.05 Å². The lowest BCUT2D eigenvalue weighted by Crippen LogP contribution is -2.14. The van der Waals surface area contributed by atoms with Crippen molar-refractivity contribution in [2.45, 2.75) is 6.92 Å². The van der Waals surface area contributed by atoms with Crippen molar-refractivity contribution in [1.82, 2.24) is 4.57 Å². The molecule has 0 saturated carbocycles. The van der Waals surface area contributed by atoms with Gasteiger partial charge in [0.15, 0.2) is 0 Å². The molecule has 6 heteroatoms. The third-order valence-corrected chi connectivity index (χ3v) is 5.00. The van der Waals surface area contributed by atoms with Crippen molar-refractivity contribution in [2.24, 2.45) is 7.05 Å². The van der Waals surface area contributed by atoms with Crippen LogP contribution in [-0.4, -0.2) is 23.0 Å². The summed E-state index contributed by atoms with van der Waals surface area (Å²) < 4.78 is 7.38. The molecule has 1 aromatic heterocycles. The van der Waals surface area contributed by atoms with Gasteiger partial charge < -0.3 is 19.9 Å². The van der Waals surface area contributed by atoms with Gasteiger partial charge in [-0.05, 0) is 73.7 Å². The quantitative estimate of drug-likeness (QED) is 0.463. The van der Waals surface area contributed by atoms with Crippen LogP contribution in [0, 0.1) is 0 Å². The van der Waals surface area contributed by atoms with Crippen LogP contribution in [0.3, 0.4) is 0 Å². The van der Waals surface area contributed by atoms with Gasteiger partial charge in [0.25, 0.3) is 11.8 Å². The number of carbonyl (C=O) groups excluding carboxylic acids is 2. The van der Waals surface area contributed by atoms with E-state index in [-0.39, 0.29) is 11.8 Å². The summed E-state index contributed by atoms with van der Waals surface area (Å²) in [5, 5.41) is 6.65. The summed E-state index contributed by atoms with van der Waals surface area (Å²) in [6, 6.07) is 21.6. The van der Waals surface area contributed by atoms with Crippen LogP contribution in [0.4, 0.5) is 11.4 Å². The number of carbonyl (C=O) groups is 2. The average Bonchev–Trinajstić information content (AvgIpc) is 3.17. The molecular formula is C25H23N3O3. The fraction of sp³-hybridized carbons (Fsp3) is 0.120. The van der Waals surface area contributed by atoms with Crippen LogP contribution < -0.4 is 15.4 Å². The van der Waals surface area contributed by atoms with Gasteiger partial charge in [-0.1, -0.05) is 6.07 Å². The minimum atomic E-state index is -0.226. The summed E-state index contributed by atoms with van der Waals surface area (Å²) in [5.74, 6) is 0.339. The number of aryl methyl sites for hydroxylation is 1. The molecule has 0 aliphatic heterocycles. The molecule has 0 radical (unpaired) electrons. The molecular weight excluding hydrogens is 390 g/mol. The maximum absolute atomic E-state index is 12.8. The summed E-state index contributed by atoms with van der Waals surface area (Å²) in [7, 11) is 1.95. The van der Waals surface area contributed by atoms with Gasteiger partial charge in [0.2, 0.25) is 0 Å². The Bertz CT molecular complexity index is 1230. The average molecular weight is 413 g/mol. The molecule has 0 spiro atoms. The molecule has 4 aromatic rings. The van der Waals surface area contributed by atoms with Gasteiger partial charge in [0, 0.05) is 46.6 Å². The molecule has 31 heavy (non-hydrogen) atoms. The number of nitrogens with zero attached hydrogens (tertiary/aromatic N) is 1. The summed E-state index contributed by atoms with van der Waals surface area (Å²) in [5.41, 5.74) is 3.40. The monoisotopic (exact) mass is 413 g/mol. The zero-order chi connectivity index (χ0) is 21.8. The first-order valence-corrected chi connectivity index (χ1v) is 10.0. The smallest absolute Gasteiger partial charge is 0.256 e. The Hall–Kier alpha value is -4.06. The van der Waals surface area contributed by atoms with Crippen molar-refractivity contribution in [3.63, 3.8) is 0 Å². The largest absolute Gasteiger partial charge is 0.494 e. The number of aromatic nitrogens is 1. The molecule has 2 amide bonds. The molecule has 0 unspecified atom stereocenters. The van der Waals surface area contributed by atoms with Crippen molar-refractivity contribution in [3.8, 4) is 5.75 Å². The van der Waals surface area contributed by atoms with Gasteiger partial charge in [-0.25, -0.2) is 0 Å². The molecule has 0 aliphatic carbocycles. The Morgan fingerprint density at radius 1 is 0.839 bits per heavy atom. The van der Waals surface area contributed by atoms with E-state index in [0.717, 1.165) is 16.7 Å². The molecule has 0 atom stereocenters. The number of anilines is 2. The number of ether oxygens (including phenoxy) is 1. The predicted octanol–water partition coefficient (Wildman–Crippen LogP) is 5.08. The molecule has 1 heterocycles. The Balaban J connectivity index is 1.42. The van der Waals surface area contributed by atoms with E-state index in [1.807, 2.05) is 55.1 Å². The molecule has 0 fully saturated rings. The number of hydrogen-bond acceptors (Lipinski definition) is 3. The number of fused-ring (bicyclic) bond motifs is 1. The van der Waals surface area contributed by atoms with Crippen molar-refractivity contribution >= 4 is 34.1 Å². The zero-order valence-electron chi connectivity index (χ0n) is 17.4.